The summed E-state index contributed by atoms with van der Waals surface area (Å²) in [7, 11) is 0. The standard InChI is InChI=1S/C23H28N6/c1-2-24-23(28-14-13-20(17-28)15-19-9-5-3-6-10-19)25-16-22-27-26-18-29(22)21-11-7-4-8-12-21/h3-12,18,20H,2,13-17H2,1H3,(H,24,25). The van der Waals surface area contributed by atoms with E-state index in [1.807, 2.05) is 22.8 Å². The van der Waals surface area contributed by atoms with Crippen LogP contribution in [0.1, 0.15) is 24.7 Å². The Bertz CT molecular complexity index is 919. The van der Waals surface area contributed by atoms with Crippen molar-refractivity contribution in [1.82, 2.24) is 25.0 Å². The molecule has 1 aliphatic heterocycles. The third-order valence-electron chi connectivity index (χ3n) is 5.31. The number of para-hydroxylation sites is 1. The molecule has 0 saturated carbocycles. The molecule has 2 aromatic carbocycles. The van der Waals surface area contributed by atoms with Crippen LogP contribution in [0.2, 0.25) is 0 Å². The van der Waals surface area contributed by atoms with Crippen LogP contribution in [0.25, 0.3) is 5.69 Å². The molecular weight excluding hydrogens is 360 g/mol. The van der Waals surface area contributed by atoms with Crippen LogP contribution < -0.4 is 5.32 Å². The van der Waals surface area contributed by atoms with Gasteiger partial charge in [0.1, 0.15) is 12.9 Å². The molecule has 29 heavy (non-hydrogen) atoms. The van der Waals surface area contributed by atoms with Crippen molar-refractivity contribution in [2.75, 3.05) is 19.6 Å². The van der Waals surface area contributed by atoms with Gasteiger partial charge in [-0.3, -0.25) is 4.57 Å². The maximum atomic E-state index is 4.87. The van der Waals surface area contributed by atoms with E-state index in [9.17, 15) is 0 Å². The van der Waals surface area contributed by atoms with E-state index < -0.39 is 0 Å². The zero-order chi connectivity index (χ0) is 19.9. The van der Waals surface area contributed by atoms with Crippen LogP contribution in [0.5, 0.6) is 0 Å². The molecule has 150 valence electrons. The molecule has 1 saturated heterocycles. The van der Waals surface area contributed by atoms with Gasteiger partial charge in [0.25, 0.3) is 0 Å². The second kappa shape index (κ2) is 9.37. The summed E-state index contributed by atoms with van der Waals surface area (Å²) in [5.74, 6) is 2.46. The molecule has 6 nitrogen and oxygen atoms in total. The first kappa shape index (κ1) is 19.2. The third kappa shape index (κ3) is 4.83. The maximum absolute atomic E-state index is 4.87. The second-order valence-electron chi connectivity index (χ2n) is 7.41. The summed E-state index contributed by atoms with van der Waals surface area (Å²) >= 11 is 0. The van der Waals surface area contributed by atoms with Crippen LogP contribution >= 0.6 is 0 Å². The predicted molar refractivity (Wildman–Crippen MR) is 116 cm³/mol. The van der Waals surface area contributed by atoms with Gasteiger partial charge in [0.2, 0.25) is 0 Å². The highest BCUT2D eigenvalue weighted by atomic mass is 15.3. The van der Waals surface area contributed by atoms with Crippen LogP contribution in [0, 0.1) is 5.92 Å². The number of likely N-dealkylation sites (tertiary alicyclic amines) is 1. The fourth-order valence-corrected chi connectivity index (χ4v) is 3.88. The maximum Gasteiger partial charge on any atom is 0.194 e. The molecule has 1 unspecified atom stereocenters. The van der Waals surface area contributed by atoms with Gasteiger partial charge in [-0.1, -0.05) is 48.5 Å². The summed E-state index contributed by atoms with van der Waals surface area (Å²) in [6.07, 6.45) is 4.07. The Labute approximate surface area is 172 Å². The molecule has 0 bridgehead atoms. The Balaban J connectivity index is 1.43. The Morgan fingerprint density at radius 2 is 1.86 bits per heavy atom. The van der Waals surface area contributed by atoms with Crippen molar-refractivity contribution in [1.29, 1.82) is 0 Å². The monoisotopic (exact) mass is 388 g/mol. The van der Waals surface area contributed by atoms with Gasteiger partial charge >= 0.3 is 0 Å². The highest BCUT2D eigenvalue weighted by Crippen LogP contribution is 2.21. The molecule has 0 amide bonds. The average Bonchev–Trinajstić information content (AvgIpc) is 3.42. The second-order valence-corrected chi connectivity index (χ2v) is 7.41. The molecule has 1 N–H and O–H groups in total. The zero-order valence-corrected chi connectivity index (χ0v) is 16.9. The van der Waals surface area contributed by atoms with Crippen LogP contribution in [0.4, 0.5) is 0 Å². The molecule has 1 aromatic heterocycles. The molecule has 0 radical (unpaired) electrons. The number of hydrogen-bond acceptors (Lipinski definition) is 3. The summed E-state index contributed by atoms with van der Waals surface area (Å²) in [6.45, 7) is 5.53. The van der Waals surface area contributed by atoms with Gasteiger partial charge in [-0.2, -0.15) is 0 Å². The van der Waals surface area contributed by atoms with Crippen molar-refractivity contribution in [3.05, 3.63) is 78.4 Å². The number of nitrogens with one attached hydrogen (secondary N) is 1. The zero-order valence-electron chi connectivity index (χ0n) is 16.9. The van der Waals surface area contributed by atoms with E-state index in [0.29, 0.717) is 12.5 Å². The lowest BCUT2D eigenvalue weighted by Crippen LogP contribution is -2.40. The number of hydrogen-bond donors (Lipinski definition) is 1. The van der Waals surface area contributed by atoms with Crippen LogP contribution in [0.15, 0.2) is 72.0 Å². The van der Waals surface area contributed by atoms with Crippen LogP contribution in [-0.2, 0) is 13.0 Å². The Morgan fingerprint density at radius 1 is 1.10 bits per heavy atom. The predicted octanol–water partition coefficient (Wildman–Crippen LogP) is 3.30. The molecule has 1 aliphatic rings. The van der Waals surface area contributed by atoms with E-state index in [0.717, 1.165) is 43.5 Å². The van der Waals surface area contributed by atoms with Crippen molar-refractivity contribution in [3.63, 3.8) is 0 Å². The summed E-state index contributed by atoms with van der Waals surface area (Å²) in [5, 5.41) is 11.8. The number of guanidine groups is 1. The van der Waals surface area contributed by atoms with Gasteiger partial charge in [0.15, 0.2) is 11.8 Å². The van der Waals surface area contributed by atoms with Crippen molar-refractivity contribution in [2.45, 2.75) is 26.3 Å². The minimum Gasteiger partial charge on any atom is -0.357 e. The average molecular weight is 389 g/mol. The number of benzene rings is 2. The minimum absolute atomic E-state index is 0.497. The largest absolute Gasteiger partial charge is 0.357 e. The van der Waals surface area contributed by atoms with Crippen molar-refractivity contribution in [3.8, 4) is 5.69 Å². The van der Waals surface area contributed by atoms with Gasteiger partial charge in [0.05, 0.1) is 0 Å². The van der Waals surface area contributed by atoms with Gasteiger partial charge in [-0.25, -0.2) is 4.99 Å². The molecule has 0 aliphatic carbocycles. The van der Waals surface area contributed by atoms with Gasteiger partial charge in [0, 0.05) is 25.3 Å². The Kier molecular flexibility index (Phi) is 6.19. The quantitative estimate of drug-likeness (QED) is 0.520. The first-order valence-electron chi connectivity index (χ1n) is 10.3. The molecule has 3 aromatic rings. The highest BCUT2D eigenvalue weighted by Gasteiger charge is 2.25. The van der Waals surface area contributed by atoms with E-state index in [2.05, 4.69) is 69.8 Å². The molecule has 1 fully saturated rings. The topological polar surface area (TPSA) is 58.3 Å². The molecule has 1 atom stereocenters. The molecule has 4 rings (SSSR count). The van der Waals surface area contributed by atoms with Gasteiger partial charge < -0.3 is 10.2 Å². The van der Waals surface area contributed by atoms with Crippen LogP contribution in [0.3, 0.4) is 0 Å². The highest BCUT2D eigenvalue weighted by molar-refractivity contribution is 5.80. The van der Waals surface area contributed by atoms with E-state index >= 15 is 0 Å². The normalized spacial score (nSPS) is 16.9. The molecule has 0 spiro atoms. The lowest BCUT2D eigenvalue weighted by atomic mass is 9.99. The summed E-state index contributed by atoms with van der Waals surface area (Å²) < 4.78 is 2.00. The minimum atomic E-state index is 0.497. The smallest absolute Gasteiger partial charge is 0.194 e. The number of aliphatic imine (C=N–C) groups is 1. The SMILES string of the molecule is CCNC(=NCc1nncn1-c1ccccc1)N1CCC(Cc2ccccc2)C1. The molecule has 6 heteroatoms. The summed E-state index contributed by atoms with van der Waals surface area (Å²) in [5.41, 5.74) is 2.47. The first-order valence-corrected chi connectivity index (χ1v) is 10.3. The fraction of sp³-hybridized carbons (Fsp3) is 0.348. The number of nitrogens with zero attached hydrogens (tertiary/aromatic N) is 5. The Hall–Kier alpha value is -3.15. The number of rotatable bonds is 6. The molecule has 2 heterocycles. The number of aromatic nitrogens is 3. The van der Waals surface area contributed by atoms with Gasteiger partial charge in [-0.05, 0) is 43.4 Å². The third-order valence-corrected chi connectivity index (χ3v) is 5.31. The molecular formula is C23H28N6. The van der Waals surface area contributed by atoms with Crippen LogP contribution in [-0.4, -0.2) is 45.3 Å². The van der Waals surface area contributed by atoms with E-state index in [4.69, 9.17) is 4.99 Å². The lowest BCUT2D eigenvalue weighted by Gasteiger charge is -2.21. The fourth-order valence-electron chi connectivity index (χ4n) is 3.88. The Morgan fingerprint density at radius 3 is 2.62 bits per heavy atom. The first-order chi connectivity index (χ1) is 14.3. The van der Waals surface area contributed by atoms with Crippen molar-refractivity contribution < 1.29 is 0 Å². The summed E-state index contributed by atoms with van der Waals surface area (Å²) in [6, 6.07) is 20.9. The van der Waals surface area contributed by atoms with Gasteiger partial charge in [-0.15, -0.1) is 10.2 Å². The lowest BCUT2D eigenvalue weighted by molar-refractivity contribution is 0.459. The van der Waals surface area contributed by atoms with E-state index in [1.165, 1.54) is 12.0 Å². The summed E-state index contributed by atoms with van der Waals surface area (Å²) in [4.78, 5) is 7.25. The van der Waals surface area contributed by atoms with Crippen molar-refractivity contribution >= 4 is 5.96 Å². The van der Waals surface area contributed by atoms with Crippen molar-refractivity contribution in [2.24, 2.45) is 10.9 Å². The van der Waals surface area contributed by atoms with E-state index in [-0.39, 0.29) is 0 Å². The van der Waals surface area contributed by atoms with E-state index in [1.54, 1.807) is 6.33 Å².